The Bertz CT molecular complexity index is 959. The molecule has 1 saturated heterocycles. The molecule has 0 radical (unpaired) electrons. The molecule has 7 nitrogen and oxygen atoms in total. The summed E-state index contributed by atoms with van der Waals surface area (Å²) in [4.78, 5) is 39.7. The average Bonchev–Trinajstić information content (AvgIpc) is 2.79. The molecule has 33 heavy (non-hydrogen) atoms. The second kappa shape index (κ2) is 11.6. The van der Waals surface area contributed by atoms with Gasteiger partial charge in [-0.1, -0.05) is 44.2 Å². The van der Waals surface area contributed by atoms with E-state index in [1.807, 2.05) is 44.2 Å². The molecule has 176 valence electrons. The van der Waals surface area contributed by atoms with Crippen molar-refractivity contribution in [2.75, 3.05) is 25.0 Å². The van der Waals surface area contributed by atoms with Crippen molar-refractivity contribution in [3.05, 3.63) is 66.0 Å². The smallest absolute Gasteiger partial charge is 0.254 e. The lowest BCUT2D eigenvalue weighted by Gasteiger charge is -2.33. The number of anilines is 1. The molecule has 1 fully saturated rings. The van der Waals surface area contributed by atoms with Crippen LogP contribution in [0.3, 0.4) is 0 Å². The van der Waals surface area contributed by atoms with Gasteiger partial charge in [0, 0.05) is 24.8 Å². The number of carbonyl (C=O) groups is 3. The van der Waals surface area contributed by atoms with Gasteiger partial charge in [0.1, 0.15) is 11.9 Å². The van der Waals surface area contributed by atoms with Gasteiger partial charge in [0.15, 0.2) is 0 Å². The average molecular weight is 455 g/mol. The molecule has 3 rings (SSSR count). The predicted molar refractivity (Wildman–Crippen MR) is 125 cm³/mol. The summed E-state index contributed by atoms with van der Waals surface area (Å²) < 4.78 is 13.9. The molecule has 8 heteroatoms. The molecule has 1 unspecified atom stereocenters. The Hall–Kier alpha value is -3.26. The van der Waals surface area contributed by atoms with Crippen LogP contribution in [0.4, 0.5) is 10.1 Å². The van der Waals surface area contributed by atoms with Crippen LogP contribution in [0.1, 0.15) is 37.0 Å². The highest BCUT2D eigenvalue weighted by Crippen LogP contribution is 2.13. The normalized spacial score (nSPS) is 15.6. The highest BCUT2D eigenvalue weighted by Gasteiger charge is 2.29. The van der Waals surface area contributed by atoms with Gasteiger partial charge in [0.05, 0.1) is 12.1 Å². The zero-order valence-electron chi connectivity index (χ0n) is 19.0. The van der Waals surface area contributed by atoms with E-state index in [2.05, 4.69) is 20.9 Å². The van der Waals surface area contributed by atoms with Crippen LogP contribution in [0, 0.1) is 11.7 Å². The van der Waals surface area contributed by atoms with Gasteiger partial charge >= 0.3 is 0 Å². The molecular formula is C25H31FN4O3. The third-order valence-electron chi connectivity index (χ3n) is 5.71. The van der Waals surface area contributed by atoms with Crippen LogP contribution in [0.25, 0.3) is 0 Å². The van der Waals surface area contributed by atoms with E-state index < -0.39 is 17.8 Å². The fourth-order valence-electron chi connectivity index (χ4n) is 3.85. The second-order valence-corrected chi connectivity index (χ2v) is 8.65. The third kappa shape index (κ3) is 7.12. The molecule has 0 bridgehead atoms. The van der Waals surface area contributed by atoms with Gasteiger partial charge in [-0.25, -0.2) is 4.39 Å². The molecule has 2 aromatic carbocycles. The first-order valence-corrected chi connectivity index (χ1v) is 11.3. The summed E-state index contributed by atoms with van der Waals surface area (Å²) in [6, 6.07) is 14.2. The first-order chi connectivity index (χ1) is 15.8. The quantitative estimate of drug-likeness (QED) is 0.572. The molecule has 0 aliphatic carbocycles. The summed E-state index contributed by atoms with van der Waals surface area (Å²) in [6.45, 7) is 5.32. The van der Waals surface area contributed by atoms with Gasteiger partial charge in [-0.3, -0.25) is 19.3 Å². The van der Waals surface area contributed by atoms with Crippen molar-refractivity contribution >= 4 is 23.4 Å². The van der Waals surface area contributed by atoms with E-state index in [0.29, 0.717) is 32.5 Å². The van der Waals surface area contributed by atoms with Crippen LogP contribution in [-0.2, 0) is 9.59 Å². The van der Waals surface area contributed by atoms with Crippen molar-refractivity contribution in [2.45, 2.75) is 38.8 Å². The van der Waals surface area contributed by atoms with Crippen molar-refractivity contribution in [3.63, 3.8) is 0 Å². The molecular weight excluding hydrogens is 423 g/mol. The Labute approximate surface area is 193 Å². The van der Waals surface area contributed by atoms with E-state index in [1.54, 1.807) is 6.07 Å². The molecule has 0 aromatic heterocycles. The Morgan fingerprint density at radius 3 is 2.27 bits per heavy atom. The highest BCUT2D eigenvalue weighted by molar-refractivity contribution is 5.97. The fourth-order valence-corrected chi connectivity index (χ4v) is 3.85. The Morgan fingerprint density at radius 2 is 1.64 bits per heavy atom. The van der Waals surface area contributed by atoms with E-state index in [1.165, 1.54) is 18.2 Å². The molecule has 1 aliphatic heterocycles. The van der Waals surface area contributed by atoms with Gasteiger partial charge in [-0.2, -0.15) is 0 Å². The van der Waals surface area contributed by atoms with Crippen LogP contribution in [-0.4, -0.2) is 54.3 Å². The van der Waals surface area contributed by atoms with E-state index in [4.69, 9.17) is 0 Å². The number of amides is 3. The Balaban J connectivity index is 1.47. The van der Waals surface area contributed by atoms with Gasteiger partial charge < -0.3 is 16.0 Å². The minimum Gasteiger partial charge on any atom is -0.351 e. The second-order valence-electron chi connectivity index (χ2n) is 8.65. The third-order valence-corrected chi connectivity index (χ3v) is 5.71. The minimum absolute atomic E-state index is 0.0439. The zero-order valence-corrected chi connectivity index (χ0v) is 19.0. The minimum atomic E-state index is -0.771. The van der Waals surface area contributed by atoms with Crippen molar-refractivity contribution in [3.8, 4) is 0 Å². The highest BCUT2D eigenvalue weighted by atomic mass is 19.1. The summed E-state index contributed by atoms with van der Waals surface area (Å²) in [6.07, 6.45) is 1.41. The molecule has 1 aliphatic rings. The molecule has 0 spiro atoms. The zero-order chi connectivity index (χ0) is 23.8. The van der Waals surface area contributed by atoms with Gasteiger partial charge in [-0.15, -0.1) is 0 Å². The number of halogens is 1. The van der Waals surface area contributed by atoms with Crippen LogP contribution < -0.4 is 16.0 Å². The first-order valence-electron chi connectivity index (χ1n) is 11.3. The summed E-state index contributed by atoms with van der Waals surface area (Å²) in [5.74, 6) is -1.75. The van der Waals surface area contributed by atoms with Gasteiger partial charge in [0.2, 0.25) is 11.8 Å². The van der Waals surface area contributed by atoms with Crippen LogP contribution in [0.5, 0.6) is 0 Å². The van der Waals surface area contributed by atoms with Crippen LogP contribution in [0.15, 0.2) is 54.6 Å². The number of rotatable bonds is 8. The number of nitrogens with one attached hydrogen (secondary N) is 3. The molecule has 2 aromatic rings. The van der Waals surface area contributed by atoms with Gasteiger partial charge in [-0.05, 0) is 43.0 Å². The largest absolute Gasteiger partial charge is 0.351 e. The SMILES string of the molecule is CC(C)C(NC(=O)c1ccccc1F)C(=O)NC1CCN(CC(=O)Nc2ccccc2)CC1. The monoisotopic (exact) mass is 454 g/mol. The fraction of sp³-hybridized carbons (Fsp3) is 0.400. The Morgan fingerprint density at radius 1 is 1.00 bits per heavy atom. The van der Waals surface area contributed by atoms with Crippen LogP contribution >= 0.6 is 0 Å². The van der Waals surface area contributed by atoms with Crippen molar-refractivity contribution in [2.24, 2.45) is 5.92 Å². The molecule has 1 heterocycles. The number of nitrogens with zero attached hydrogens (tertiary/aromatic N) is 1. The van der Waals surface area contributed by atoms with E-state index >= 15 is 0 Å². The van der Waals surface area contributed by atoms with Crippen molar-refractivity contribution < 1.29 is 18.8 Å². The molecule has 0 saturated carbocycles. The standard InChI is InChI=1S/C25H31FN4O3/c1-17(2)23(29-24(32)20-10-6-7-11-21(20)26)25(33)28-19-12-14-30(15-13-19)16-22(31)27-18-8-4-3-5-9-18/h3-11,17,19,23H,12-16H2,1-2H3,(H,27,31)(H,28,33)(H,29,32). The predicted octanol–water partition coefficient (Wildman–Crippen LogP) is 2.80. The van der Waals surface area contributed by atoms with Crippen LogP contribution in [0.2, 0.25) is 0 Å². The topological polar surface area (TPSA) is 90.5 Å². The van der Waals surface area contributed by atoms with Crippen molar-refractivity contribution in [1.29, 1.82) is 0 Å². The number of carbonyl (C=O) groups excluding carboxylic acids is 3. The van der Waals surface area contributed by atoms with E-state index in [0.717, 1.165) is 5.69 Å². The molecule has 3 amide bonds. The maximum Gasteiger partial charge on any atom is 0.254 e. The maximum atomic E-state index is 13.9. The number of hydrogen-bond donors (Lipinski definition) is 3. The lowest BCUT2D eigenvalue weighted by Crippen LogP contribution is -2.54. The van der Waals surface area contributed by atoms with Gasteiger partial charge in [0.25, 0.3) is 5.91 Å². The summed E-state index contributed by atoms with van der Waals surface area (Å²) >= 11 is 0. The summed E-state index contributed by atoms with van der Waals surface area (Å²) in [5, 5.41) is 8.56. The van der Waals surface area contributed by atoms with E-state index in [9.17, 15) is 18.8 Å². The molecule has 1 atom stereocenters. The summed E-state index contributed by atoms with van der Waals surface area (Å²) in [5.41, 5.74) is 0.680. The number of para-hydroxylation sites is 1. The van der Waals surface area contributed by atoms with E-state index in [-0.39, 0.29) is 29.3 Å². The summed E-state index contributed by atoms with van der Waals surface area (Å²) in [7, 11) is 0. The Kier molecular flexibility index (Phi) is 8.54. The lowest BCUT2D eigenvalue weighted by molar-refractivity contribution is -0.125. The number of benzene rings is 2. The van der Waals surface area contributed by atoms with Crippen molar-refractivity contribution in [1.82, 2.24) is 15.5 Å². The number of likely N-dealkylation sites (tertiary alicyclic amines) is 1. The lowest BCUT2D eigenvalue weighted by atomic mass is 10.00. The molecule has 3 N–H and O–H groups in total. The number of piperidine rings is 1. The first kappa shape index (κ1) is 24.4. The number of hydrogen-bond acceptors (Lipinski definition) is 4. The maximum absolute atomic E-state index is 13.9.